The van der Waals surface area contributed by atoms with Crippen molar-refractivity contribution in [2.24, 2.45) is 0 Å². The molecule has 28 heavy (non-hydrogen) atoms. The summed E-state index contributed by atoms with van der Waals surface area (Å²) in [6.07, 6.45) is 4.65. The normalized spacial score (nSPS) is 12.8. The minimum Gasteiger partial charge on any atom is -0.462 e. The Morgan fingerprint density at radius 3 is 2.50 bits per heavy atom. The van der Waals surface area contributed by atoms with Gasteiger partial charge in [-0.1, -0.05) is 24.3 Å². The van der Waals surface area contributed by atoms with E-state index in [2.05, 4.69) is 5.32 Å². The minimum absolute atomic E-state index is 0.0396. The third kappa shape index (κ3) is 4.85. The zero-order valence-corrected chi connectivity index (χ0v) is 16.1. The molecule has 0 saturated carbocycles. The summed E-state index contributed by atoms with van der Waals surface area (Å²) in [7, 11) is 0. The number of benzene rings is 2. The second-order valence-corrected chi connectivity index (χ2v) is 6.93. The van der Waals surface area contributed by atoms with Gasteiger partial charge in [-0.25, -0.2) is 4.79 Å². The van der Waals surface area contributed by atoms with Crippen LogP contribution in [0.1, 0.15) is 64.4 Å². The summed E-state index contributed by atoms with van der Waals surface area (Å²) in [6.45, 7) is 1.99. The van der Waals surface area contributed by atoms with E-state index in [1.54, 1.807) is 31.2 Å². The second-order valence-electron chi connectivity index (χ2n) is 6.93. The number of para-hydroxylation sites is 1. The predicted octanol–water partition coefficient (Wildman–Crippen LogP) is 4.34. The number of hydrogen-bond donors (Lipinski definition) is 1. The lowest BCUT2D eigenvalue weighted by atomic mass is 9.89. The van der Waals surface area contributed by atoms with Gasteiger partial charge in [0.2, 0.25) is 5.91 Å². The SMILES string of the molecule is CCOC(=O)c1ccccc1NC(=O)CCC(=O)c1ccc2c(c1)CCCC2. The quantitative estimate of drug-likeness (QED) is 0.574. The molecule has 0 aliphatic heterocycles. The number of Topliss-reactive ketones (excluding diaryl/α,β-unsaturated/α-hetero) is 1. The number of ether oxygens (including phenoxy) is 1. The molecule has 1 N–H and O–H groups in total. The molecule has 0 atom stereocenters. The molecule has 1 aliphatic carbocycles. The smallest absolute Gasteiger partial charge is 0.340 e. The Labute approximate surface area is 165 Å². The van der Waals surface area contributed by atoms with Gasteiger partial charge in [-0.2, -0.15) is 0 Å². The molecule has 0 bridgehead atoms. The first-order chi connectivity index (χ1) is 13.6. The molecular formula is C23H25NO4. The van der Waals surface area contributed by atoms with Crippen LogP contribution in [-0.2, 0) is 22.4 Å². The van der Waals surface area contributed by atoms with Gasteiger partial charge in [0, 0.05) is 18.4 Å². The molecule has 0 saturated heterocycles. The fraction of sp³-hybridized carbons (Fsp3) is 0.348. The van der Waals surface area contributed by atoms with Crippen molar-refractivity contribution in [3.05, 3.63) is 64.7 Å². The van der Waals surface area contributed by atoms with E-state index in [0.29, 0.717) is 16.8 Å². The fourth-order valence-corrected chi connectivity index (χ4v) is 3.47. The third-order valence-electron chi connectivity index (χ3n) is 4.95. The molecule has 0 spiro atoms. The van der Waals surface area contributed by atoms with Gasteiger partial charge in [0.05, 0.1) is 17.9 Å². The van der Waals surface area contributed by atoms with Gasteiger partial charge < -0.3 is 10.1 Å². The molecule has 5 nitrogen and oxygen atoms in total. The van der Waals surface area contributed by atoms with E-state index < -0.39 is 5.97 Å². The zero-order chi connectivity index (χ0) is 19.9. The van der Waals surface area contributed by atoms with Gasteiger partial charge in [-0.05, 0) is 61.9 Å². The Morgan fingerprint density at radius 1 is 0.964 bits per heavy atom. The van der Waals surface area contributed by atoms with E-state index in [0.717, 1.165) is 19.3 Å². The van der Waals surface area contributed by atoms with E-state index in [-0.39, 0.29) is 31.1 Å². The summed E-state index contributed by atoms with van der Waals surface area (Å²) in [4.78, 5) is 36.8. The number of rotatable bonds is 7. The van der Waals surface area contributed by atoms with Crippen molar-refractivity contribution < 1.29 is 19.1 Å². The molecule has 1 aliphatic rings. The van der Waals surface area contributed by atoms with Crippen molar-refractivity contribution in [1.82, 2.24) is 0 Å². The van der Waals surface area contributed by atoms with Crippen molar-refractivity contribution in [2.75, 3.05) is 11.9 Å². The molecule has 3 rings (SSSR count). The lowest BCUT2D eigenvalue weighted by Gasteiger charge is -2.16. The molecule has 2 aromatic carbocycles. The number of amides is 1. The number of esters is 1. The number of nitrogens with one attached hydrogen (secondary N) is 1. The third-order valence-corrected chi connectivity index (χ3v) is 4.95. The van der Waals surface area contributed by atoms with Crippen molar-refractivity contribution in [3.8, 4) is 0 Å². The first kappa shape index (κ1) is 19.8. The Morgan fingerprint density at radius 2 is 1.71 bits per heavy atom. The van der Waals surface area contributed by atoms with Crippen LogP contribution >= 0.6 is 0 Å². The zero-order valence-electron chi connectivity index (χ0n) is 16.1. The number of aryl methyl sites for hydroxylation is 2. The summed E-state index contributed by atoms with van der Waals surface area (Å²) < 4.78 is 5.01. The van der Waals surface area contributed by atoms with Crippen LogP contribution in [0.4, 0.5) is 5.69 Å². The van der Waals surface area contributed by atoms with Gasteiger partial charge in [-0.3, -0.25) is 9.59 Å². The van der Waals surface area contributed by atoms with E-state index in [1.807, 2.05) is 18.2 Å². The van der Waals surface area contributed by atoms with Crippen LogP contribution in [0.15, 0.2) is 42.5 Å². The first-order valence-corrected chi connectivity index (χ1v) is 9.79. The van der Waals surface area contributed by atoms with Crippen LogP contribution in [0.2, 0.25) is 0 Å². The van der Waals surface area contributed by atoms with Crippen LogP contribution in [0, 0.1) is 0 Å². The highest BCUT2D eigenvalue weighted by molar-refractivity contribution is 6.03. The highest BCUT2D eigenvalue weighted by Crippen LogP contribution is 2.23. The van der Waals surface area contributed by atoms with Crippen LogP contribution in [0.25, 0.3) is 0 Å². The highest BCUT2D eigenvalue weighted by atomic mass is 16.5. The van der Waals surface area contributed by atoms with Crippen molar-refractivity contribution in [2.45, 2.75) is 45.4 Å². The number of anilines is 1. The fourth-order valence-electron chi connectivity index (χ4n) is 3.47. The number of hydrogen-bond acceptors (Lipinski definition) is 4. The molecule has 0 heterocycles. The molecule has 0 aromatic heterocycles. The van der Waals surface area contributed by atoms with Crippen LogP contribution in [-0.4, -0.2) is 24.3 Å². The summed E-state index contributed by atoms with van der Waals surface area (Å²) in [6, 6.07) is 12.6. The maximum atomic E-state index is 12.5. The lowest BCUT2D eigenvalue weighted by molar-refractivity contribution is -0.116. The van der Waals surface area contributed by atoms with Crippen LogP contribution in [0.5, 0.6) is 0 Å². The molecular weight excluding hydrogens is 354 g/mol. The Bertz CT molecular complexity index is 888. The number of carbonyl (C=O) groups is 3. The average Bonchev–Trinajstić information content (AvgIpc) is 2.72. The highest BCUT2D eigenvalue weighted by Gasteiger charge is 2.16. The molecule has 2 aromatic rings. The topological polar surface area (TPSA) is 72.5 Å². The van der Waals surface area contributed by atoms with E-state index in [4.69, 9.17) is 4.74 Å². The molecule has 1 amide bonds. The minimum atomic E-state index is -0.483. The second kappa shape index (κ2) is 9.31. The van der Waals surface area contributed by atoms with Crippen LogP contribution in [0.3, 0.4) is 0 Å². The maximum absolute atomic E-state index is 12.5. The molecule has 0 fully saturated rings. The summed E-state index contributed by atoms with van der Waals surface area (Å²) in [5.41, 5.74) is 3.95. The molecule has 0 unspecified atom stereocenters. The predicted molar refractivity (Wildman–Crippen MR) is 108 cm³/mol. The summed E-state index contributed by atoms with van der Waals surface area (Å²) in [5, 5.41) is 2.71. The van der Waals surface area contributed by atoms with Gasteiger partial charge in [-0.15, -0.1) is 0 Å². The summed E-state index contributed by atoms with van der Waals surface area (Å²) in [5.74, 6) is -0.825. The number of fused-ring (bicyclic) bond motifs is 1. The van der Waals surface area contributed by atoms with Gasteiger partial charge >= 0.3 is 5.97 Å². The largest absolute Gasteiger partial charge is 0.462 e. The molecule has 146 valence electrons. The van der Waals surface area contributed by atoms with Gasteiger partial charge in [0.1, 0.15) is 0 Å². The Kier molecular flexibility index (Phi) is 6.58. The number of ketones is 1. The standard InChI is InChI=1S/C23H25NO4/c1-2-28-23(27)19-9-5-6-10-20(19)24-22(26)14-13-21(25)18-12-11-16-7-3-4-8-17(16)15-18/h5-6,9-12,15H,2-4,7-8,13-14H2,1H3,(H,24,26). The van der Waals surface area contributed by atoms with Gasteiger partial charge in [0.25, 0.3) is 0 Å². The summed E-state index contributed by atoms with van der Waals surface area (Å²) >= 11 is 0. The van der Waals surface area contributed by atoms with Crippen molar-refractivity contribution in [1.29, 1.82) is 0 Å². The maximum Gasteiger partial charge on any atom is 0.340 e. The van der Waals surface area contributed by atoms with Gasteiger partial charge in [0.15, 0.2) is 5.78 Å². The van der Waals surface area contributed by atoms with E-state index >= 15 is 0 Å². The first-order valence-electron chi connectivity index (χ1n) is 9.79. The van der Waals surface area contributed by atoms with Crippen molar-refractivity contribution in [3.63, 3.8) is 0 Å². The molecule has 0 radical (unpaired) electrons. The lowest BCUT2D eigenvalue weighted by Crippen LogP contribution is -2.17. The van der Waals surface area contributed by atoms with Crippen molar-refractivity contribution >= 4 is 23.3 Å². The van der Waals surface area contributed by atoms with Crippen LogP contribution < -0.4 is 5.32 Å². The monoisotopic (exact) mass is 379 g/mol. The van der Waals surface area contributed by atoms with E-state index in [9.17, 15) is 14.4 Å². The average molecular weight is 379 g/mol. The molecule has 5 heteroatoms. The number of carbonyl (C=O) groups excluding carboxylic acids is 3. The Hall–Kier alpha value is -2.95. The Balaban J connectivity index is 1.59. The van der Waals surface area contributed by atoms with E-state index in [1.165, 1.54) is 17.5 Å².